The van der Waals surface area contributed by atoms with Crippen molar-refractivity contribution in [2.24, 2.45) is 17.3 Å². The van der Waals surface area contributed by atoms with Gasteiger partial charge < -0.3 is 4.90 Å². The van der Waals surface area contributed by atoms with Crippen LogP contribution < -0.4 is 5.48 Å². The molecule has 2 aromatic carbocycles. The Kier molecular flexibility index (Phi) is 8.10. The van der Waals surface area contributed by atoms with E-state index in [-0.39, 0.29) is 41.6 Å². The first kappa shape index (κ1) is 27.9. The summed E-state index contributed by atoms with van der Waals surface area (Å²) in [7, 11) is 0. The fraction of sp³-hybridized carbons (Fsp3) is 0.429. The molecule has 1 unspecified atom stereocenters. The van der Waals surface area contributed by atoms with Crippen molar-refractivity contribution in [2.45, 2.75) is 39.5 Å². The average Bonchev–Trinajstić information content (AvgIpc) is 3.35. The Labute approximate surface area is 225 Å². The Hall–Kier alpha value is -4.12. The van der Waals surface area contributed by atoms with Crippen molar-refractivity contribution in [3.05, 3.63) is 75.3 Å². The molecule has 2 aromatic rings. The van der Waals surface area contributed by atoms with E-state index in [1.807, 2.05) is 44.2 Å². The van der Waals surface area contributed by atoms with Gasteiger partial charge in [0.2, 0.25) is 11.8 Å². The number of fused-ring (bicyclic) bond motifs is 1. The van der Waals surface area contributed by atoms with E-state index in [2.05, 4.69) is 0 Å². The number of benzene rings is 2. The number of hydrogen-bond donors (Lipinski definition) is 2. The molecule has 2 aliphatic heterocycles. The van der Waals surface area contributed by atoms with Gasteiger partial charge in [-0.1, -0.05) is 44.2 Å². The van der Waals surface area contributed by atoms with Crippen LogP contribution in [-0.2, 0) is 16.0 Å². The SMILES string of the molecule is CC(C)C[C@@]1(C(CCN2C(=O)c3ccc([N+](=O)[O-])cc3C2=O)C(=O)NO)CCN(CCc2ccccc2)C1=O. The second kappa shape index (κ2) is 11.3. The van der Waals surface area contributed by atoms with Gasteiger partial charge in [0.25, 0.3) is 17.5 Å². The predicted molar refractivity (Wildman–Crippen MR) is 140 cm³/mol. The number of nitrogens with one attached hydrogen (secondary N) is 1. The van der Waals surface area contributed by atoms with Crippen molar-refractivity contribution in [2.75, 3.05) is 19.6 Å². The van der Waals surface area contributed by atoms with E-state index in [0.29, 0.717) is 32.4 Å². The first-order chi connectivity index (χ1) is 18.6. The number of carbonyl (C=O) groups is 4. The summed E-state index contributed by atoms with van der Waals surface area (Å²) in [5.41, 5.74) is 1.34. The van der Waals surface area contributed by atoms with Crippen LogP contribution in [0.4, 0.5) is 5.69 Å². The summed E-state index contributed by atoms with van der Waals surface area (Å²) >= 11 is 0. The third kappa shape index (κ3) is 5.40. The van der Waals surface area contributed by atoms with Crippen molar-refractivity contribution >= 4 is 29.3 Å². The highest BCUT2D eigenvalue weighted by Gasteiger charge is 2.54. The Morgan fingerprint density at radius 1 is 1.08 bits per heavy atom. The number of hydrogen-bond acceptors (Lipinski definition) is 7. The van der Waals surface area contributed by atoms with Crippen molar-refractivity contribution < 1.29 is 29.3 Å². The van der Waals surface area contributed by atoms with Gasteiger partial charge in [0.15, 0.2) is 0 Å². The summed E-state index contributed by atoms with van der Waals surface area (Å²) in [6.45, 7) is 4.65. The van der Waals surface area contributed by atoms with Gasteiger partial charge in [0.1, 0.15) is 0 Å². The van der Waals surface area contributed by atoms with E-state index in [0.717, 1.165) is 22.6 Å². The summed E-state index contributed by atoms with van der Waals surface area (Å²) in [6, 6.07) is 13.2. The summed E-state index contributed by atoms with van der Waals surface area (Å²) in [5.74, 6) is -3.19. The van der Waals surface area contributed by atoms with E-state index in [4.69, 9.17) is 0 Å². The predicted octanol–water partition coefficient (Wildman–Crippen LogP) is 3.21. The lowest BCUT2D eigenvalue weighted by molar-refractivity contribution is -0.384. The molecule has 4 rings (SSSR count). The van der Waals surface area contributed by atoms with Crippen LogP contribution in [0, 0.1) is 27.4 Å². The van der Waals surface area contributed by atoms with Crippen LogP contribution in [0.1, 0.15) is 59.4 Å². The van der Waals surface area contributed by atoms with Crippen LogP contribution in [0.5, 0.6) is 0 Å². The highest BCUT2D eigenvalue weighted by Crippen LogP contribution is 2.46. The molecular weight excluding hydrogens is 504 g/mol. The molecule has 2 atom stereocenters. The number of amides is 4. The molecule has 2 heterocycles. The third-order valence-corrected chi connectivity index (χ3v) is 7.73. The Balaban J connectivity index is 1.56. The summed E-state index contributed by atoms with van der Waals surface area (Å²) in [5, 5.41) is 20.7. The van der Waals surface area contributed by atoms with Crippen LogP contribution in [0.25, 0.3) is 0 Å². The molecule has 0 radical (unpaired) electrons. The fourth-order valence-corrected chi connectivity index (χ4v) is 5.95. The number of hydroxylamine groups is 1. The minimum atomic E-state index is -1.12. The number of non-ortho nitro benzene ring substituents is 1. The van der Waals surface area contributed by atoms with Gasteiger partial charge in [-0.3, -0.25) is 39.4 Å². The molecule has 2 aliphatic rings. The summed E-state index contributed by atoms with van der Waals surface area (Å²) in [6.07, 6.45) is 1.39. The van der Waals surface area contributed by atoms with E-state index in [9.17, 15) is 34.5 Å². The number of imide groups is 1. The van der Waals surface area contributed by atoms with Crippen LogP contribution in [0.2, 0.25) is 0 Å². The lowest BCUT2D eigenvalue weighted by Gasteiger charge is -2.36. The number of likely N-dealkylation sites (tertiary alicyclic amines) is 1. The second-order valence-electron chi connectivity index (χ2n) is 10.6. The quantitative estimate of drug-likeness (QED) is 0.194. The van der Waals surface area contributed by atoms with Crippen molar-refractivity contribution in [1.29, 1.82) is 0 Å². The van der Waals surface area contributed by atoms with Gasteiger partial charge in [-0.2, -0.15) is 0 Å². The molecule has 0 aliphatic carbocycles. The first-order valence-corrected chi connectivity index (χ1v) is 13.0. The van der Waals surface area contributed by atoms with Crippen molar-refractivity contribution in [1.82, 2.24) is 15.3 Å². The van der Waals surface area contributed by atoms with Gasteiger partial charge in [0.05, 0.1) is 27.4 Å². The minimum Gasteiger partial charge on any atom is -0.342 e. The molecule has 206 valence electrons. The monoisotopic (exact) mass is 536 g/mol. The topological polar surface area (TPSA) is 150 Å². The maximum Gasteiger partial charge on any atom is 0.270 e. The Morgan fingerprint density at radius 2 is 1.77 bits per heavy atom. The van der Waals surface area contributed by atoms with Gasteiger partial charge >= 0.3 is 0 Å². The van der Waals surface area contributed by atoms with E-state index >= 15 is 0 Å². The Bertz CT molecular complexity index is 1300. The number of nitrogens with zero attached hydrogens (tertiary/aromatic N) is 3. The summed E-state index contributed by atoms with van der Waals surface area (Å²) in [4.78, 5) is 66.1. The molecule has 2 N–H and O–H groups in total. The van der Waals surface area contributed by atoms with Gasteiger partial charge in [0, 0.05) is 31.8 Å². The third-order valence-electron chi connectivity index (χ3n) is 7.73. The first-order valence-electron chi connectivity index (χ1n) is 13.0. The van der Waals surface area contributed by atoms with Gasteiger partial charge in [-0.05, 0) is 43.2 Å². The molecule has 1 fully saturated rings. The van der Waals surface area contributed by atoms with Crippen LogP contribution in [-0.4, -0.2) is 63.2 Å². The molecule has 11 heteroatoms. The molecule has 39 heavy (non-hydrogen) atoms. The normalized spacial score (nSPS) is 19.5. The molecule has 0 spiro atoms. The zero-order valence-corrected chi connectivity index (χ0v) is 22.0. The van der Waals surface area contributed by atoms with Gasteiger partial charge in [-0.25, -0.2) is 5.48 Å². The van der Waals surface area contributed by atoms with Crippen LogP contribution >= 0.6 is 0 Å². The Morgan fingerprint density at radius 3 is 2.41 bits per heavy atom. The molecule has 1 saturated heterocycles. The smallest absolute Gasteiger partial charge is 0.270 e. The lowest BCUT2D eigenvalue weighted by Crippen LogP contribution is -2.48. The average molecular weight is 537 g/mol. The zero-order chi connectivity index (χ0) is 28.3. The van der Waals surface area contributed by atoms with Crippen molar-refractivity contribution in [3.63, 3.8) is 0 Å². The number of nitro groups is 1. The van der Waals surface area contributed by atoms with E-state index < -0.39 is 34.0 Å². The molecule has 11 nitrogen and oxygen atoms in total. The maximum absolute atomic E-state index is 13.9. The highest BCUT2D eigenvalue weighted by molar-refractivity contribution is 6.21. The molecule has 0 saturated carbocycles. The molecular formula is C28H32N4O7. The van der Waals surface area contributed by atoms with Gasteiger partial charge in [-0.15, -0.1) is 0 Å². The second-order valence-corrected chi connectivity index (χ2v) is 10.6. The zero-order valence-electron chi connectivity index (χ0n) is 22.0. The van der Waals surface area contributed by atoms with Crippen LogP contribution in [0.15, 0.2) is 48.5 Å². The highest BCUT2D eigenvalue weighted by atomic mass is 16.6. The lowest BCUT2D eigenvalue weighted by atomic mass is 9.67. The standard InChI is InChI=1S/C28H32N4O7/c1-18(2)17-28(12-15-30(27(28)36)13-10-19-6-4-3-5-7-19)23(24(33)29-37)11-14-31-25(34)21-9-8-20(32(38)39)16-22(21)26(31)35/h3-9,16,18,23,37H,10-15,17H2,1-2H3,(H,29,33)/t23?,28-/m1/s1. The molecule has 0 bridgehead atoms. The number of carbonyl (C=O) groups excluding carboxylic acids is 4. The molecule has 4 amide bonds. The number of rotatable bonds is 11. The van der Waals surface area contributed by atoms with E-state index in [1.54, 1.807) is 10.4 Å². The van der Waals surface area contributed by atoms with Crippen molar-refractivity contribution in [3.8, 4) is 0 Å². The maximum atomic E-state index is 13.9. The molecule has 0 aromatic heterocycles. The minimum absolute atomic E-state index is 0.0506. The fourth-order valence-electron chi connectivity index (χ4n) is 5.95. The number of nitro benzene ring substituents is 1. The van der Waals surface area contributed by atoms with Crippen LogP contribution in [0.3, 0.4) is 0 Å². The largest absolute Gasteiger partial charge is 0.342 e. The van der Waals surface area contributed by atoms with E-state index in [1.165, 1.54) is 6.07 Å². The summed E-state index contributed by atoms with van der Waals surface area (Å²) < 4.78 is 0.